The number of ether oxygens (including phenoxy) is 1. The first kappa shape index (κ1) is 31.1. The number of carbonyl (C=O) groups is 2. The molecular weight excluding hydrogens is 566 g/mol. The molecule has 0 aliphatic carbocycles. The second kappa shape index (κ2) is 12.7. The summed E-state index contributed by atoms with van der Waals surface area (Å²) in [6.45, 7) is 10.6. The maximum atomic E-state index is 13.4. The Bertz CT molecular complexity index is 1840. The van der Waals surface area contributed by atoms with Gasteiger partial charge in [-0.05, 0) is 41.8 Å². The fourth-order valence-corrected chi connectivity index (χ4v) is 4.66. The number of aromatic nitrogens is 3. The van der Waals surface area contributed by atoms with Gasteiger partial charge in [0.05, 0.1) is 17.1 Å². The number of anilines is 3. The number of fused-ring (bicyclic) bond motifs is 1. The zero-order chi connectivity index (χ0) is 32.3. The Morgan fingerprint density at radius 2 is 1.58 bits per heavy atom. The Morgan fingerprint density at radius 1 is 0.867 bits per heavy atom. The molecule has 0 bridgehead atoms. The zero-order valence-electron chi connectivity index (χ0n) is 26.7. The fraction of sp³-hybridized carbons (Fsp3) is 0.257. The Balaban J connectivity index is 1.39. The molecule has 45 heavy (non-hydrogen) atoms. The van der Waals surface area contributed by atoms with Crippen molar-refractivity contribution in [2.24, 2.45) is 0 Å². The van der Waals surface area contributed by atoms with Crippen LogP contribution >= 0.6 is 0 Å². The fourth-order valence-electron chi connectivity index (χ4n) is 4.66. The molecule has 4 amide bonds. The van der Waals surface area contributed by atoms with Gasteiger partial charge in [-0.3, -0.25) is 10.6 Å². The predicted octanol–water partition coefficient (Wildman–Crippen LogP) is 8.37. The van der Waals surface area contributed by atoms with Crippen LogP contribution in [0.5, 0.6) is 11.5 Å². The molecule has 0 atom stereocenters. The lowest BCUT2D eigenvalue weighted by Crippen LogP contribution is -2.27. The summed E-state index contributed by atoms with van der Waals surface area (Å²) in [5.41, 5.74) is 3.35. The van der Waals surface area contributed by atoms with Gasteiger partial charge in [0.2, 0.25) is 0 Å². The smallest absolute Gasteiger partial charge is 0.324 e. The third-order valence-electron chi connectivity index (χ3n) is 7.26. The van der Waals surface area contributed by atoms with Gasteiger partial charge in [-0.15, -0.1) is 0 Å². The minimum absolute atomic E-state index is 0.213. The molecule has 3 aromatic carbocycles. The minimum Gasteiger partial charge on any atom is -0.457 e. The van der Waals surface area contributed by atoms with Gasteiger partial charge in [-0.2, -0.15) is 5.10 Å². The molecule has 2 aromatic heterocycles. The highest BCUT2D eigenvalue weighted by Gasteiger charge is 2.22. The highest BCUT2D eigenvalue weighted by molar-refractivity contribution is 6.07. The Kier molecular flexibility index (Phi) is 8.76. The van der Waals surface area contributed by atoms with Crippen LogP contribution in [0.15, 0.2) is 85.1 Å². The van der Waals surface area contributed by atoms with E-state index in [2.05, 4.69) is 67.7 Å². The van der Waals surface area contributed by atoms with E-state index in [4.69, 9.17) is 9.84 Å². The molecule has 0 saturated carbocycles. The third kappa shape index (κ3) is 7.23. The lowest BCUT2D eigenvalue weighted by atomic mass is 9.92. The van der Waals surface area contributed by atoms with Crippen molar-refractivity contribution in [3.8, 4) is 17.2 Å². The van der Waals surface area contributed by atoms with Crippen molar-refractivity contribution >= 4 is 40.2 Å². The number of urea groups is 2. The van der Waals surface area contributed by atoms with Crippen LogP contribution in [0, 0.1) is 0 Å². The molecule has 0 unspecified atom stereocenters. The number of carbonyl (C=O) groups excluding carboxylic acids is 2. The molecule has 5 rings (SSSR count). The van der Waals surface area contributed by atoms with E-state index in [9.17, 15) is 9.59 Å². The highest BCUT2D eigenvalue weighted by Crippen LogP contribution is 2.35. The van der Waals surface area contributed by atoms with Crippen molar-refractivity contribution in [2.45, 2.75) is 46.0 Å². The summed E-state index contributed by atoms with van der Waals surface area (Å²) in [6, 6.07) is 24.1. The van der Waals surface area contributed by atoms with Crippen LogP contribution in [-0.2, 0) is 5.41 Å². The SMILES string of the molecule is CC(C)c1ccc(-n2nc(C(C)(C)C)cc2NC(=O)Nc2ccc(Oc3ccnc(NC(=O)N(C)C)c3)c3ccccc23)cc1. The van der Waals surface area contributed by atoms with Gasteiger partial charge in [-0.1, -0.05) is 71.0 Å². The van der Waals surface area contributed by atoms with Gasteiger partial charge in [0, 0.05) is 48.6 Å². The second-order valence-electron chi connectivity index (χ2n) is 12.4. The van der Waals surface area contributed by atoms with Gasteiger partial charge in [0.1, 0.15) is 23.1 Å². The summed E-state index contributed by atoms with van der Waals surface area (Å²) in [4.78, 5) is 31.1. The van der Waals surface area contributed by atoms with Crippen molar-refractivity contribution in [2.75, 3.05) is 30.0 Å². The van der Waals surface area contributed by atoms with Crippen molar-refractivity contribution in [3.63, 3.8) is 0 Å². The van der Waals surface area contributed by atoms with E-state index in [-0.39, 0.29) is 11.4 Å². The molecule has 0 spiro atoms. The number of hydrogen-bond acceptors (Lipinski definition) is 5. The van der Waals surface area contributed by atoms with Gasteiger partial charge in [0.15, 0.2) is 0 Å². The molecule has 0 saturated heterocycles. The summed E-state index contributed by atoms with van der Waals surface area (Å²) in [5, 5.41) is 15.2. The number of pyridine rings is 1. The summed E-state index contributed by atoms with van der Waals surface area (Å²) >= 11 is 0. The van der Waals surface area contributed by atoms with E-state index in [1.54, 1.807) is 49.2 Å². The average molecular weight is 606 g/mol. The highest BCUT2D eigenvalue weighted by atomic mass is 16.5. The number of nitrogens with one attached hydrogen (secondary N) is 3. The molecule has 0 fully saturated rings. The van der Waals surface area contributed by atoms with Crippen LogP contribution in [-0.4, -0.2) is 45.8 Å². The van der Waals surface area contributed by atoms with Crippen LogP contribution < -0.4 is 20.7 Å². The molecule has 0 aliphatic rings. The van der Waals surface area contributed by atoms with Crippen molar-refractivity contribution in [1.29, 1.82) is 0 Å². The van der Waals surface area contributed by atoms with E-state index in [0.717, 1.165) is 22.2 Å². The maximum Gasteiger partial charge on any atom is 0.324 e. The molecule has 10 nitrogen and oxygen atoms in total. The molecule has 232 valence electrons. The molecular formula is C35H39N7O3. The van der Waals surface area contributed by atoms with Gasteiger partial charge in [-0.25, -0.2) is 19.3 Å². The Labute approximate surface area is 263 Å². The minimum atomic E-state index is -0.398. The number of nitrogens with zero attached hydrogens (tertiary/aromatic N) is 4. The molecule has 10 heteroatoms. The largest absolute Gasteiger partial charge is 0.457 e. The standard InChI is InChI=1S/C35H39N7O3/c1-22(2)23-12-14-24(15-13-23)42-32(21-30(40-42)35(3,4)5)39-33(43)37-28-16-17-29(27-11-9-8-10-26(27)28)45-25-18-19-36-31(20-25)38-34(44)41(6)7/h8-22H,1-7H3,(H,36,38,44)(H2,37,39,43). The predicted molar refractivity (Wildman–Crippen MR) is 180 cm³/mol. The van der Waals surface area contributed by atoms with E-state index < -0.39 is 6.03 Å². The first-order valence-electron chi connectivity index (χ1n) is 14.8. The van der Waals surface area contributed by atoms with Crippen molar-refractivity contribution in [1.82, 2.24) is 19.7 Å². The molecule has 0 radical (unpaired) electrons. The topological polar surface area (TPSA) is 113 Å². The monoisotopic (exact) mass is 605 g/mol. The van der Waals surface area contributed by atoms with Gasteiger partial charge in [0.25, 0.3) is 0 Å². The summed E-state index contributed by atoms with van der Waals surface area (Å²) in [5.74, 6) is 2.44. The van der Waals surface area contributed by atoms with Crippen LogP contribution in [0.2, 0.25) is 0 Å². The number of amides is 4. The van der Waals surface area contributed by atoms with Gasteiger partial charge < -0.3 is 15.0 Å². The molecule has 5 aromatic rings. The summed E-state index contributed by atoms with van der Waals surface area (Å²) < 4.78 is 7.97. The van der Waals surface area contributed by atoms with Crippen molar-refractivity contribution in [3.05, 3.63) is 96.3 Å². The second-order valence-corrected chi connectivity index (χ2v) is 12.4. The lowest BCUT2D eigenvalue weighted by molar-refractivity contribution is 0.230. The van der Waals surface area contributed by atoms with Crippen LogP contribution in [0.25, 0.3) is 16.5 Å². The van der Waals surface area contributed by atoms with Gasteiger partial charge >= 0.3 is 12.1 Å². The van der Waals surface area contributed by atoms with E-state index in [1.807, 2.05) is 42.5 Å². The Morgan fingerprint density at radius 3 is 2.24 bits per heavy atom. The zero-order valence-corrected chi connectivity index (χ0v) is 26.7. The quantitative estimate of drug-likeness (QED) is 0.172. The lowest BCUT2D eigenvalue weighted by Gasteiger charge is -2.15. The first-order chi connectivity index (χ1) is 21.4. The van der Waals surface area contributed by atoms with Crippen LogP contribution in [0.3, 0.4) is 0 Å². The van der Waals surface area contributed by atoms with E-state index in [1.165, 1.54) is 10.5 Å². The average Bonchev–Trinajstić information content (AvgIpc) is 3.43. The van der Waals surface area contributed by atoms with E-state index >= 15 is 0 Å². The van der Waals surface area contributed by atoms with Crippen LogP contribution in [0.4, 0.5) is 26.9 Å². The number of hydrogen-bond donors (Lipinski definition) is 3. The maximum absolute atomic E-state index is 13.4. The molecule has 2 heterocycles. The number of benzene rings is 3. The van der Waals surface area contributed by atoms with E-state index in [0.29, 0.717) is 34.7 Å². The Hall–Kier alpha value is -5.38. The van der Waals surface area contributed by atoms with Crippen molar-refractivity contribution < 1.29 is 14.3 Å². The summed E-state index contributed by atoms with van der Waals surface area (Å²) in [6.07, 6.45) is 1.57. The number of rotatable bonds is 7. The first-order valence-corrected chi connectivity index (χ1v) is 14.8. The molecule has 0 aliphatic heterocycles. The normalized spacial score (nSPS) is 11.4. The van der Waals surface area contributed by atoms with Crippen LogP contribution in [0.1, 0.15) is 51.8 Å². The summed E-state index contributed by atoms with van der Waals surface area (Å²) in [7, 11) is 3.31. The third-order valence-corrected chi connectivity index (χ3v) is 7.26. The molecule has 3 N–H and O–H groups in total.